The number of aromatic nitrogens is 1. The highest BCUT2D eigenvalue weighted by atomic mass is 32.2. The molecule has 0 unspecified atom stereocenters. The normalized spacial score (nSPS) is 17.4. The lowest BCUT2D eigenvalue weighted by Gasteiger charge is -2.24. The van der Waals surface area contributed by atoms with Crippen LogP contribution in [0.3, 0.4) is 0 Å². The zero-order chi connectivity index (χ0) is 15.1. The van der Waals surface area contributed by atoms with Gasteiger partial charge in [0.2, 0.25) is 10.0 Å². The lowest BCUT2D eigenvalue weighted by atomic mass is 10.1. The summed E-state index contributed by atoms with van der Waals surface area (Å²) in [6.07, 6.45) is 7.99. The molecule has 0 saturated carbocycles. The quantitative estimate of drug-likeness (QED) is 0.838. The predicted octanol–water partition coefficient (Wildman–Crippen LogP) is 1.38. The van der Waals surface area contributed by atoms with Crippen LogP contribution in [0.25, 0.3) is 0 Å². The van der Waals surface area contributed by atoms with E-state index in [9.17, 15) is 8.42 Å². The van der Waals surface area contributed by atoms with Crippen LogP contribution in [0.2, 0.25) is 0 Å². The highest BCUT2D eigenvalue weighted by Crippen LogP contribution is 2.20. The molecule has 1 aromatic heterocycles. The summed E-state index contributed by atoms with van der Waals surface area (Å²) in [6, 6.07) is 1.52. The Labute approximate surface area is 126 Å². The SMILES string of the molecule is O=S(=O)(c1cncc(C#CCO)c1)N1CCCCCCC1. The van der Waals surface area contributed by atoms with E-state index in [4.69, 9.17) is 5.11 Å². The topological polar surface area (TPSA) is 70.5 Å². The molecule has 6 heteroatoms. The van der Waals surface area contributed by atoms with Gasteiger partial charge >= 0.3 is 0 Å². The van der Waals surface area contributed by atoms with Crippen molar-refractivity contribution in [2.24, 2.45) is 0 Å². The first kappa shape index (κ1) is 16.0. The lowest BCUT2D eigenvalue weighted by Crippen LogP contribution is -2.33. The van der Waals surface area contributed by atoms with Crippen LogP contribution >= 0.6 is 0 Å². The standard InChI is InChI=1S/C15H20N2O3S/c18-10-6-7-14-11-15(13-16-12-14)21(19,20)17-8-4-2-1-3-5-9-17/h11-13,18H,1-5,8-10H2. The molecule has 0 bridgehead atoms. The molecule has 2 heterocycles. The van der Waals surface area contributed by atoms with Crippen molar-refractivity contribution in [1.29, 1.82) is 0 Å². The smallest absolute Gasteiger partial charge is 0.244 e. The summed E-state index contributed by atoms with van der Waals surface area (Å²) in [7, 11) is -3.51. The third-order valence-electron chi connectivity index (χ3n) is 3.48. The molecule has 0 aliphatic carbocycles. The van der Waals surface area contributed by atoms with Crippen LogP contribution in [0.1, 0.15) is 37.7 Å². The first-order valence-corrected chi connectivity index (χ1v) is 8.63. The van der Waals surface area contributed by atoms with Gasteiger partial charge in [-0.3, -0.25) is 4.98 Å². The molecule has 21 heavy (non-hydrogen) atoms. The van der Waals surface area contributed by atoms with Crippen LogP contribution in [0.5, 0.6) is 0 Å². The molecule has 0 amide bonds. The highest BCUT2D eigenvalue weighted by molar-refractivity contribution is 7.89. The van der Waals surface area contributed by atoms with Gasteiger partial charge in [0.1, 0.15) is 11.5 Å². The van der Waals surface area contributed by atoms with Crippen molar-refractivity contribution in [1.82, 2.24) is 9.29 Å². The third kappa shape index (κ3) is 4.27. The van der Waals surface area contributed by atoms with Crippen LogP contribution in [0.15, 0.2) is 23.4 Å². The van der Waals surface area contributed by atoms with Crippen LogP contribution in [-0.2, 0) is 10.0 Å². The Morgan fingerprint density at radius 3 is 2.48 bits per heavy atom. The van der Waals surface area contributed by atoms with Crippen LogP contribution < -0.4 is 0 Å². The predicted molar refractivity (Wildman–Crippen MR) is 80.0 cm³/mol. The largest absolute Gasteiger partial charge is 0.384 e. The van der Waals surface area contributed by atoms with Crippen molar-refractivity contribution in [2.75, 3.05) is 19.7 Å². The van der Waals surface area contributed by atoms with E-state index >= 15 is 0 Å². The van der Waals surface area contributed by atoms with Crippen molar-refractivity contribution >= 4 is 10.0 Å². The minimum absolute atomic E-state index is 0.174. The maximum atomic E-state index is 12.7. The number of pyridine rings is 1. The Morgan fingerprint density at radius 2 is 1.81 bits per heavy atom. The third-order valence-corrected chi connectivity index (χ3v) is 5.34. The Kier molecular flexibility index (Phi) is 5.74. The first-order chi connectivity index (χ1) is 10.1. The number of sulfonamides is 1. The minimum atomic E-state index is -3.51. The number of hydrogen-bond acceptors (Lipinski definition) is 4. The zero-order valence-electron chi connectivity index (χ0n) is 12.0. The maximum Gasteiger partial charge on any atom is 0.244 e. The Hall–Kier alpha value is -1.42. The van der Waals surface area contributed by atoms with Crippen molar-refractivity contribution in [3.63, 3.8) is 0 Å². The molecule has 114 valence electrons. The van der Waals surface area contributed by atoms with Gasteiger partial charge in [0.05, 0.1) is 0 Å². The van der Waals surface area contributed by atoms with Gasteiger partial charge in [-0.2, -0.15) is 4.31 Å². The summed E-state index contributed by atoms with van der Waals surface area (Å²) in [6.45, 7) is 0.868. The van der Waals surface area contributed by atoms with E-state index < -0.39 is 10.0 Å². The van der Waals surface area contributed by atoms with E-state index in [1.54, 1.807) is 4.31 Å². The van der Waals surface area contributed by atoms with Gasteiger partial charge in [0.15, 0.2) is 0 Å². The minimum Gasteiger partial charge on any atom is -0.384 e. The fourth-order valence-corrected chi connectivity index (χ4v) is 3.88. The summed E-state index contributed by atoms with van der Waals surface area (Å²) < 4.78 is 26.9. The van der Waals surface area contributed by atoms with Gasteiger partial charge in [-0.05, 0) is 18.9 Å². The summed E-state index contributed by atoms with van der Waals surface area (Å²) in [5.41, 5.74) is 0.497. The van der Waals surface area contributed by atoms with Gasteiger partial charge in [0, 0.05) is 31.0 Å². The lowest BCUT2D eigenvalue weighted by molar-refractivity contribution is 0.350. The van der Waals surface area contributed by atoms with Crippen LogP contribution in [0, 0.1) is 11.8 Å². The average molecular weight is 308 g/mol. The fourth-order valence-electron chi connectivity index (χ4n) is 2.38. The fraction of sp³-hybridized carbons (Fsp3) is 0.533. The highest BCUT2D eigenvalue weighted by Gasteiger charge is 2.25. The monoisotopic (exact) mass is 308 g/mol. The van der Waals surface area contributed by atoms with Gasteiger partial charge < -0.3 is 5.11 Å². The Balaban J connectivity index is 2.25. The molecule has 0 spiro atoms. The van der Waals surface area contributed by atoms with E-state index in [1.807, 2.05) is 0 Å². The van der Waals surface area contributed by atoms with Gasteiger partial charge in [-0.25, -0.2) is 8.42 Å². The molecule has 1 N–H and O–H groups in total. The van der Waals surface area contributed by atoms with Crippen molar-refractivity contribution in [3.8, 4) is 11.8 Å². The molecule has 1 saturated heterocycles. The number of hydrogen-bond donors (Lipinski definition) is 1. The number of rotatable bonds is 2. The van der Waals surface area contributed by atoms with Crippen LogP contribution in [0.4, 0.5) is 0 Å². The Morgan fingerprint density at radius 1 is 1.14 bits per heavy atom. The molecule has 1 aliphatic rings. The molecular formula is C15H20N2O3S. The maximum absolute atomic E-state index is 12.7. The number of aliphatic hydroxyl groups is 1. The van der Waals surface area contributed by atoms with Gasteiger partial charge in [-0.15, -0.1) is 0 Å². The second kappa shape index (κ2) is 7.55. The molecule has 1 aliphatic heterocycles. The number of nitrogens with zero attached hydrogens (tertiary/aromatic N) is 2. The Bertz CT molecular complexity index is 624. The second-order valence-electron chi connectivity index (χ2n) is 5.04. The van der Waals surface area contributed by atoms with E-state index in [-0.39, 0.29) is 11.5 Å². The van der Waals surface area contributed by atoms with Crippen LogP contribution in [-0.4, -0.2) is 42.5 Å². The molecule has 0 radical (unpaired) electrons. The van der Waals surface area contributed by atoms with E-state index in [1.165, 1.54) is 24.9 Å². The molecule has 1 aromatic rings. The van der Waals surface area contributed by atoms with E-state index in [0.717, 1.165) is 25.7 Å². The summed E-state index contributed by atoms with van der Waals surface area (Å²) >= 11 is 0. The summed E-state index contributed by atoms with van der Waals surface area (Å²) in [5, 5.41) is 8.70. The molecule has 0 atom stereocenters. The second-order valence-corrected chi connectivity index (χ2v) is 6.98. The van der Waals surface area contributed by atoms with Gasteiger partial charge in [-0.1, -0.05) is 31.1 Å². The van der Waals surface area contributed by atoms with Gasteiger partial charge in [0.25, 0.3) is 0 Å². The van der Waals surface area contributed by atoms with E-state index in [2.05, 4.69) is 16.8 Å². The molecule has 5 nitrogen and oxygen atoms in total. The molecule has 1 fully saturated rings. The van der Waals surface area contributed by atoms with Crippen molar-refractivity contribution in [2.45, 2.75) is 37.0 Å². The first-order valence-electron chi connectivity index (χ1n) is 7.19. The number of aliphatic hydroxyl groups excluding tert-OH is 1. The van der Waals surface area contributed by atoms with E-state index in [0.29, 0.717) is 18.7 Å². The molecule has 0 aromatic carbocycles. The molecular weight excluding hydrogens is 288 g/mol. The molecule has 2 rings (SSSR count). The van der Waals surface area contributed by atoms with Crippen molar-refractivity contribution < 1.29 is 13.5 Å². The zero-order valence-corrected chi connectivity index (χ0v) is 12.8. The van der Waals surface area contributed by atoms with Crippen molar-refractivity contribution in [3.05, 3.63) is 24.0 Å². The summed E-state index contributed by atoms with van der Waals surface area (Å²) in [4.78, 5) is 4.12. The average Bonchev–Trinajstić information content (AvgIpc) is 2.44. The summed E-state index contributed by atoms with van der Waals surface area (Å²) in [5.74, 6) is 5.18.